The molecule has 1 heterocycles. The number of hydrogen-bond donors (Lipinski definition) is 2. The van der Waals surface area contributed by atoms with E-state index in [2.05, 4.69) is 15.4 Å². The van der Waals surface area contributed by atoms with E-state index in [0.717, 1.165) is 30.7 Å². The molecule has 0 spiro atoms. The second-order valence-electron chi connectivity index (χ2n) is 5.00. The quantitative estimate of drug-likeness (QED) is 0.673. The van der Waals surface area contributed by atoms with E-state index >= 15 is 0 Å². The van der Waals surface area contributed by atoms with Crippen molar-refractivity contribution < 1.29 is 13.2 Å². The van der Waals surface area contributed by atoms with Crippen LogP contribution in [0.15, 0.2) is 30.3 Å². The Bertz CT molecular complexity index is 666. The Morgan fingerprint density at radius 3 is 2.52 bits per heavy atom. The van der Waals surface area contributed by atoms with E-state index in [-0.39, 0.29) is 5.82 Å². The molecule has 0 radical (unpaired) electrons. The van der Waals surface area contributed by atoms with Gasteiger partial charge in [-0.1, -0.05) is 12.1 Å². The molecule has 0 amide bonds. The van der Waals surface area contributed by atoms with Gasteiger partial charge in [-0.25, -0.2) is 15.8 Å². The van der Waals surface area contributed by atoms with Crippen molar-refractivity contribution in [2.45, 2.75) is 24.9 Å². The number of nitrogens with one attached hydrogen (secondary N) is 1. The average molecular weight is 294 g/mol. The van der Waals surface area contributed by atoms with Gasteiger partial charge < -0.3 is 5.43 Å². The molecule has 3 rings (SSSR count). The first-order valence-corrected chi connectivity index (χ1v) is 6.50. The fraction of sp³-hybridized carbons (Fsp3) is 0.286. The summed E-state index contributed by atoms with van der Waals surface area (Å²) in [5.41, 5.74) is 2.85. The first-order valence-electron chi connectivity index (χ1n) is 6.50. The first-order chi connectivity index (χ1) is 9.97. The summed E-state index contributed by atoms with van der Waals surface area (Å²) >= 11 is 0. The van der Waals surface area contributed by atoms with Crippen LogP contribution in [0.2, 0.25) is 0 Å². The first kappa shape index (κ1) is 13.8. The number of nitrogens with two attached hydrogens (primary N) is 1. The molecule has 1 aliphatic carbocycles. The number of alkyl halides is 3. The van der Waals surface area contributed by atoms with Gasteiger partial charge in [-0.2, -0.15) is 13.2 Å². The molecule has 3 N–H and O–H groups in total. The number of aromatic nitrogens is 2. The van der Waals surface area contributed by atoms with Gasteiger partial charge in [0.2, 0.25) is 0 Å². The Labute approximate surface area is 119 Å². The molecule has 0 atom stereocenters. The third kappa shape index (κ3) is 2.97. The average Bonchev–Trinajstić information content (AvgIpc) is 3.30. The van der Waals surface area contributed by atoms with Crippen LogP contribution in [-0.2, 0) is 6.18 Å². The van der Waals surface area contributed by atoms with Gasteiger partial charge >= 0.3 is 6.18 Å². The maximum Gasteiger partial charge on any atom is 0.416 e. The fourth-order valence-electron chi connectivity index (χ4n) is 2.09. The Balaban J connectivity index is 2.05. The predicted molar refractivity (Wildman–Crippen MR) is 72.3 cm³/mol. The number of nitrogens with zero attached hydrogens (tertiary/aromatic N) is 2. The van der Waals surface area contributed by atoms with Crippen LogP contribution in [0, 0.1) is 0 Å². The minimum atomic E-state index is -4.39. The van der Waals surface area contributed by atoms with Gasteiger partial charge in [-0.3, -0.25) is 0 Å². The Morgan fingerprint density at radius 2 is 1.90 bits per heavy atom. The Hall–Kier alpha value is -2.15. The number of anilines is 1. The lowest BCUT2D eigenvalue weighted by Crippen LogP contribution is -2.10. The zero-order valence-electron chi connectivity index (χ0n) is 11.0. The van der Waals surface area contributed by atoms with Crippen LogP contribution in [0.25, 0.3) is 11.4 Å². The third-order valence-corrected chi connectivity index (χ3v) is 3.34. The fourth-order valence-corrected chi connectivity index (χ4v) is 2.09. The van der Waals surface area contributed by atoms with E-state index < -0.39 is 11.7 Å². The largest absolute Gasteiger partial charge is 0.416 e. The number of hydrogen-bond acceptors (Lipinski definition) is 4. The summed E-state index contributed by atoms with van der Waals surface area (Å²) in [6.07, 6.45) is -2.33. The molecule has 0 aliphatic heterocycles. The zero-order chi connectivity index (χ0) is 15.0. The van der Waals surface area contributed by atoms with Crippen molar-refractivity contribution in [2.75, 3.05) is 5.43 Å². The molecule has 1 saturated carbocycles. The van der Waals surface area contributed by atoms with Gasteiger partial charge in [0.1, 0.15) is 5.82 Å². The normalized spacial score (nSPS) is 15.0. The highest BCUT2D eigenvalue weighted by Gasteiger charge is 2.31. The van der Waals surface area contributed by atoms with Gasteiger partial charge in [0.05, 0.1) is 5.56 Å². The Kier molecular flexibility index (Phi) is 3.29. The summed E-state index contributed by atoms with van der Waals surface area (Å²) in [5.74, 6) is 6.37. The van der Waals surface area contributed by atoms with Gasteiger partial charge in [-0.05, 0) is 25.0 Å². The molecular weight excluding hydrogens is 281 g/mol. The predicted octanol–water partition coefficient (Wildman–Crippen LogP) is 3.33. The molecule has 1 aliphatic rings. The monoisotopic (exact) mass is 294 g/mol. The van der Waals surface area contributed by atoms with Crippen molar-refractivity contribution in [1.29, 1.82) is 0 Å². The molecule has 1 aromatic heterocycles. The molecule has 1 aromatic carbocycles. The molecule has 21 heavy (non-hydrogen) atoms. The number of nitrogen functional groups attached to an aromatic ring is 1. The van der Waals surface area contributed by atoms with Gasteiger partial charge in [0, 0.05) is 23.2 Å². The van der Waals surface area contributed by atoms with Crippen LogP contribution in [0.4, 0.5) is 19.0 Å². The SMILES string of the molecule is NNc1cc(C2CC2)nc(-c2cccc(C(F)(F)F)c2)n1. The van der Waals surface area contributed by atoms with Crippen LogP contribution >= 0.6 is 0 Å². The number of benzene rings is 1. The summed E-state index contributed by atoms with van der Waals surface area (Å²) < 4.78 is 38.3. The lowest BCUT2D eigenvalue weighted by molar-refractivity contribution is -0.137. The zero-order valence-corrected chi connectivity index (χ0v) is 11.0. The van der Waals surface area contributed by atoms with Gasteiger partial charge in [0.25, 0.3) is 0 Å². The van der Waals surface area contributed by atoms with E-state index in [1.165, 1.54) is 6.07 Å². The van der Waals surface area contributed by atoms with Crippen molar-refractivity contribution in [3.05, 3.63) is 41.6 Å². The Morgan fingerprint density at radius 1 is 1.14 bits per heavy atom. The van der Waals surface area contributed by atoms with Crippen molar-refractivity contribution in [3.8, 4) is 11.4 Å². The second-order valence-corrected chi connectivity index (χ2v) is 5.00. The van der Waals surface area contributed by atoms with E-state index in [1.807, 2.05) is 0 Å². The standard InChI is InChI=1S/C14H13F3N4/c15-14(16,17)10-3-1-2-9(6-10)13-19-11(8-4-5-8)7-12(20-13)21-18/h1-3,6-8H,4-5,18H2,(H,19,20,21). The highest BCUT2D eigenvalue weighted by Crippen LogP contribution is 2.40. The van der Waals surface area contributed by atoms with Crippen LogP contribution in [0.1, 0.15) is 30.0 Å². The summed E-state index contributed by atoms with van der Waals surface area (Å²) in [5, 5.41) is 0. The third-order valence-electron chi connectivity index (χ3n) is 3.34. The molecule has 1 fully saturated rings. The van der Waals surface area contributed by atoms with Crippen LogP contribution in [0.5, 0.6) is 0 Å². The highest BCUT2D eigenvalue weighted by molar-refractivity contribution is 5.59. The lowest BCUT2D eigenvalue weighted by Gasteiger charge is -2.10. The highest BCUT2D eigenvalue weighted by atomic mass is 19.4. The second kappa shape index (κ2) is 5.00. The number of hydrazine groups is 1. The topological polar surface area (TPSA) is 63.8 Å². The molecule has 2 aromatic rings. The smallest absolute Gasteiger partial charge is 0.308 e. The molecule has 7 heteroatoms. The number of halogens is 3. The van der Waals surface area contributed by atoms with Crippen molar-refractivity contribution in [3.63, 3.8) is 0 Å². The van der Waals surface area contributed by atoms with Crippen LogP contribution < -0.4 is 11.3 Å². The van der Waals surface area contributed by atoms with E-state index in [9.17, 15) is 13.2 Å². The maximum atomic E-state index is 12.8. The van der Waals surface area contributed by atoms with Crippen LogP contribution in [0.3, 0.4) is 0 Å². The van der Waals surface area contributed by atoms with Gasteiger partial charge in [0.15, 0.2) is 5.82 Å². The van der Waals surface area contributed by atoms with Crippen molar-refractivity contribution in [2.24, 2.45) is 5.84 Å². The summed E-state index contributed by atoms with van der Waals surface area (Å²) in [4.78, 5) is 8.50. The van der Waals surface area contributed by atoms with Gasteiger partial charge in [-0.15, -0.1) is 0 Å². The summed E-state index contributed by atoms with van der Waals surface area (Å²) in [6.45, 7) is 0. The minimum absolute atomic E-state index is 0.249. The molecule has 0 saturated heterocycles. The molecule has 0 bridgehead atoms. The minimum Gasteiger partial charge on any atom is -0.308 e. The summed E-state index contributed by atoms with van der Waals surface area (Å²) in [6, 6.07) is 6.71. The molecule has 0 unspecified atom stereocenters. The maximum absolute atomic E-state index is 12.8. The van der Waals surface area contributed by atoms with Crippen molar-refractivity contribution in [1.82, 2.24) is 9.97 Å². The molecule has 110 valence electrons. The van der Waals surface area contributed by atoms with E-state index in [1.54, 1.807) is 12.1 Å². The van der Waals surface area contributed by atoms with E-state index in [0.29, 0.717) is 17.3 Å². The molecular formula is C14H13F3N4. The van der Waals surface area contributed by atoms with E-state index in [4.69, 9.17) is 5.84 Å². The lowest BCUT2D eigenvalue weighted by atomic mass is 10.1. The van der Waals surface area contributed by atoms with Crippen molar-refractivity contribution >= 4 is 5.82 Å². The summed E-state index contributed by atoms with van der Waals surface area (Å²) in [7, 11) is 0. The number of rotatable bonds is 3. The van der Waals surface area contributed by atoms with Crippen LogP contribution in [-0.4, -0.2) is 9.97 Å². The molecule has 4 nitrogen and oxygen atoms in total.